The van der Waals surface area contributed by atoms with Crippen molar-refractivity contribution in [1.29, 1.82) is 0 Å². The van der Waals surface area contributed by atoms with Gasteiger partial charge in [-0.15, -0.1) is 11.3 Å². The van der Waals surface area contributed by atoms with Gasteiger partial charge in [0.1, 0.15) is 0 Å². The van der Waals surface area contributed by atoms with E-state index in [-0.39, 0.29) is 6.10 Å². The maximum absolute atomic E-state index is 9.81. The molecule has 0 saturated heterocycles. The van der Waals surface area contributed by atoms with Gasteiger partial charge in [0.15, 0.2) is 0 Å². The Hall–Kier alpha value is -0.380. The molecule has 0 bridgehead atoms. The van der Waals surface area contributed by atoms with Gasteiger partial charge in [-0.2, -0.15) is 0 Å². The number of aliphatic hydroxyl groups is 1. The number of nitrogens with one attached hydrogen (secondary N) is 1. The van der Waals surface area contributed by atoms with Crippen LogP contribution in [-0.4, -0.2) is 17.7 Å². The van der Waals surface area contributed by atoms with Crippen LogP contribution in [0.4, 0.5) is 0 Å². The van der Waals surface area contributed by atoms with Gasteiger partial charge in [-0.05, 0) is 36.8 Å². The summed E-state index contributed by atoms with van der Waals surface area (Å²) in [5, 5.41) is 15.2. The van der Waals surface area contributed by atoms with E-state index in [4.69, 9.17) is 0 Å². The second-order valence-corrected chi connectivity index (χ2v) is 4.75. The summed E-state index contributed by atoms with van der Waals surface area (Å²) in [7, 11) is 0. The SMILES string of the molecule is Cc1sccc1C(O)CNC1CC1. The van der Waals surface area contributed by atoms with E-state index in [1.54, 1.807) is 11.3 Å². The molecule has 0 aliphatic heterocycles. The van der Waals surface area contributed by atoms with E-state index in [0.717, 1.165) is 5.56 Å². The molecule has 1 aliphatic carbocycles. The lowest BCUT2D eigenvalue weighted by Gasteiger charge is -2.10. The monoisotopic (exact) mass is 197 g/mol. The predicted octanol–water partition coefficient (Wildman–Crippen LogP) is 1.84. The highest BCUT2D eigenvalue weighted by Crippen LogP contribution is 2.24. The van der Waals surface area contributed by atoms with Gasteiger partial charge >= 0.3 is 0 Å². The Kier molecular flexibility index (Phi) is 2.67. The van der Waals surface area contributed by atoms with Gasteiger partial charge in [0.25, 0.3) is 0 Å². The summed E-state index contributed by atoms with van der Waals surface area (Å²) >= 11 is 1.69. The molecular formula is C10H15NOS. The zero-order chi connectivity index (χ0) is 9.26. The zero-order valence-corrected chi connectivity index (χ0v) is 8.60. The van der Waals surface area contributed by atoms with Crippen molar-refractivity contribution in [2.75, 3.05) is 6.54 Å². The number of thiophene rings is 1. The van der Waals surface area contributed by atoms with E-state index in [1.807, 2.05) is 11.4 Å². The number of aryl methyl sites for hydroxylation is 1. The number of aliphatic hydroxyl groups excluding tert-OH is 1. The molecule has 1 unspecified atom stereocenters. The minimum Gasteiger partial charge on any atom is -0.387 e. The molecule has 1 saturated carbocycles. The zero-order valence-electron chi connectivity index (χ0n) is 7.79. The molecular weight excluding hydrogens is 182 g/mol. The Morgan fingerprint density at radius 1 is 1.69 bits per heavy atom. The van der Waals surface area contributed by atoms with Gasteiger partial charge in [0.05, 0.1) is 6.10 Å². The first kappa shape index (κ1) is 9.19. The molecule has 3 heteroatoms. The number of hydrogen-bond acceptors (Lipinski definition) is 3. The van der Waals surface area contributed by atoms with Crippen molar-refractivity contribution in [3.05, 3.63) is 21.9 Å². The number of rotatable bonds is 4. The Bertz CT molecular complexity index is 280. The van der Waals surface area contributed by atoms with Gasteiger partial charge in [0.2, 0.25) is 0 Å². The third-order valence-corrected chi connectivity index (χ3v) is 3.30. The fourth-order valence-electron chi connectivity index (χ4n) is 1.42. The maximum atomic E-state index is 9.81. The van der Waals surface area contributed by atoms with Crippen LogP contribution < -0.4 is 5.32 Å². The minimum absolute atomic E-state index is 0.327. The smallest absolute Gasteiger partial charge is 0.0925 e. The van der Waals surface area contributed by atoms with Crippen LogP contribution in [0.15, 0.2) is 11.4 Å². The van der Waals surface area contributed by atoms with E-state index in [1.165, 1.54) is 17.7 Å². The average molecular weight is 197 g/mol. The third kappa shape index (κ3) is 2.30. The molecule has 0 amide bonds. The Labute approximate surface area is 82.6 Å². The van der Waals surface area contributed by atoms with E-state index >= 15 is 0 Å². The lowest BCUT2D eigenvalue weighted by Crippen LogP contribution is -2.23. The summed E-state index contributed by atoms with van der Waals surface area (Å²) in [6, 6.07) is 2.69. The lowest BCUT2D eigenvalue weighted by molar-refractivity contribution is 0.174. The highest BCUT2D eigenvalue weighted by molar-refractivity contribution is 7.10. The molecule has 1 aliphatic rings. The number of hydrogen-bond donors (Lipinski definition) is 2. The molecule has 0 radical (unpaired) electrons. The maximum Gasteiger partial charge on any atom is 0.0925 e. The fourth-order valence-corrected chi connectivity index (χ4v) is 2.18. The molecule has 2 rings (SSSR count). The van der Waals surface area contributed by atoms with Gasteiger partial charge in [-0.3, -0.25) is 0 Å². The normalized spacial score (nSPS) is 18.9. The second-order valence-electron chi connectivity index (χ2n) is 3.63. The van der Waals surface area contributed by atoms with Crippen molar-refractivity contribution in [2.24, 2.45) is 0 Å². The summed E-state index contributed by atoms with van der Waals surface area (Å²) in [6.45, 7) is 2.75. The highest BCUT2D eigenvalue weighted by Gasteiger charge is 2.22. The van der Waals surface area contributed by atoms with Crippen LogP contribution in [0.5, 0.6) is 0 Å². The van der Waals surface area contributed by atoms with Crippen LogP contribution in [0, 0.1) is 6.92 Å². The third-order valence-electron chi connectivity index (χ3n) is 2.44. The summed E-state index contributed by atoms with van der Waals surface area (Å²) in [4.78, 5) is 1.23. The van der Waals surface area contributed by atoms with Crippen LogP contribution in [0.25, 0.3) is 0 Å². The van der Waals surface area contributed by atoms with Gasteiger partial charge < -0.3 is 10.4 Å². The van der Waals surface area contributed by atoms with Crippen molar-refractivity contribution >= 4 is 11.3 Å². The molecule has 13 heavy (non-hydrogen) atoms. The van der Waals surface area contributed by atoms with E-state index < -0.39 is 0 Å². The van der Waals surface area contributed by atoms with Crippen LogP contribution in [0.3, 0.4) is 0 Å². The summed E-state index contributed by atoms with van der Waals surface area (Å²) < 4.78 is 0. The lowest BCUT2D eigenvalue weighted by atomic mass is 10.1. The first-order chi connectivity index (χ1) is 6.27. The quantitative estimate of drug-likeness (QED) is 0.772. The van der Waals surface area contributed by atoms with E-state index in [0.29, 0.717) is 12.6 Å². The summed E-state index contributed by atoms with van der Waals surface area (Å²) in [6.07, 6.45) is 2.22. The van der Waals surface area contributed by atoms with Crippen molar-refractivity contribution < 1.29 is 5.11 Å². The molecule has 1 atom stereocenters. The largest absolute Gasteiger partial charge is 0.387 e. The molecule has 2 nitrogen and oxygen atoms in total. The first-order valence-corrected chi connectivity index (χ1v) is 5.61. The van der Waals surface area contributed by atoms with Gasteiger partial charge in [-0.25, -0.2) is 0 Å². The van der Waals surface area contributed by atoms with Crippen LogP contribution in [0.2, 0.25) is 0 Å². The van der Waals surface area contributed by atoms with Crippen molar-refractivity contribution in [1.82, 2.24) is 5.32 Å². The molecule has 2 N–H and O–H groups in total. The Morgan fingerprint density at radius 3 is 3.00 bits per heavy atom. The Morgan fingerprint density at radius 2 is 2.46 bits per heavy atom. The Balaban J connectivity index is 1.88. The van der Waals surface area contributed by atoms with E-state index in [9.17, 15) is 5.11 Å². The molecule has 1 heterocycles. The standard InChI is InChI=1S/C10H15NOS/c1-7-9(4-5-13-7)10(12)6-11-8-2-3-8/h4-5,8,10-12H,2-3,6H2,1H3. The fraction of sp³-hybridized carbons (Fsp3) is 0.600. The molecule has 0 aromatic carbocycles. The molecule has 0 spiro atoms. The molecule has 72 valence electrons. The van der Waals surface area contributed by atoms with Crippen LogP contribution in [-0.2, 0) is 0 Å². The summed E-state index contributed by atoms with van der Waals surface area (Å²) in [5.74, 6) is 0. The van der Waals surface area contributed by atoms with E-state index in [2.05, 4.69) is 12.2 Å². The van der Waals surface area contributed by atoms with Gasteiger partial charge in [0, 0.05) is 17.5 Å². The topological polar surface area (TPSA) is 32.3 Å². The van der Waals surface area contributed by atoms with Crippen LogP contribution >= 0.6 is 11.3 Å². The molecule has 1 fully saturated rings. The minimum atomic E-state index is -0.327. The second kappa shape index (κ2) is 3.78. The molecule has 1 aromatic heterocycles. The highest BCUT2D eigenvalue weighted by atomic mass is 32.1. The molecule has 1 aromatic rings. The van der Waals surface area contributed by atoms with Crippen LogP contribution in [0.1, 0.15) is 29.4 Å². The predicted molar refractivity (Wildman–Crippen MR) is 55.0 cm³/mol. The summed E-state index contributed by atoms with van der Waals surface area (Å²) in [5.41, 5.74) is 1.08. The van der Waals surface area contributed by atoms with Crippen molar-refractivity contribution in [3.63, 3.8) is 0 Å². The van der Waals surface area contributed by atoms with Crippen molar-refractivity contribution in [3.8, 4) is 0 Å². The van der Waals surface area contributed by atoms with Crippen molar-refractivity contribution in [2.45, 2.75) is 31.9 Å². The van der Waals surface area contributed by atoms with Gasteiger partial charge in [-0.1, -0.05) is 0 Å². The average Bonchev–Trinajstić information content (AvgIpc) is 2.84. The first-order valence-electron chi connectivity index (χ1n) is 4.73.